The van der Waals surface area contributed by atoms with Crippen LogP contribution in [0.15, 0.2) is 15.6 Å². The van der Waals surface area contributed by atoms with E-state index >= 15 is 0 Å². The summed E-state index contributed by atoms with van der Waals surface area (Å²) in [6, 6.07) is 0. The first-order chi connectivity index (χ1) is 8.50. The standard InChI is InChI=1S/C15H24BrNO2/c1-14(2,3)12-11(16)9-10(7-8-17-12)13(18)19-15(4,5)6/h9-10H,7-8H2,1-6H3. The van der Waals surface area contributed by atoms with Crippen molar-refractivity contribution < 1.29 is 9.53 Å². The molecule has 0 N–H and O–H groups in total. The first kappa shape index (κ1) is 16.4. The molecule has 19 heavy (non-hydrogen) atoms. The van der Waals surface area contributed by atoms with E-state index in [0.29, 0.717) is 13.0 Å². The molecular weight excluding hydrogens is 306 g/mol. The van der Waals surface area contributed by atoms with Crippen molar-refractivity contribution in [1.29, 1.82) is 0 Å². The molecule has 1 heterocycles. The number of hydrogen-bond donors (Lipinski definition) is 0. The zero-order chi connectivity index (χ0) is 14.8. The van der Waals surface area contributed by atoms with E-state index in [0.717, 1.165) is 10.2 Å². The topological polar surface area (TPSA) is 38.7 Å². The predicted octanol–water partition coefficient (Wildman–Crippen LogP) is 4.11. The Kier molecular flexibility index (Phi) is 4.99. The number of carbonyl (C=O) groups is 1. The van der Waals surface area contributed by atoms with Gasteiger partial charge in [0.25, 0.3) is 0 Å². The van der Waals surface area contributed by atoms with Gasteiger partial charge in [0, 0.05) is 16.4 Å². The molecule has 108 valence electrons. The molecule has 1 rings (SSSR count). The SMILES string of the molecule is CC(C)(C)OC(=O)C1C=C(Br)C(C(C)(C)C)=NCC1. The highest BCUT2D eigenvalue weighted by atomic mass is 79.9. The van der Waals surface area contributed by atoms with Gasteiger partial charge >= 0.3 is 5.97 Å². The predicted molar refractivity (Wildman–Crippen MR) is 82.7 cm³/mol. The van der Waals surface area contributed by atoms with Gasteiger partial charge in [-0.2, -0.15) is 0 Å². The minimum absolute atomic E-state index is 0.0296. The van der Waals surface area contributed by atoms with Gasteiger partial charge in [-0.25, -0.2) is 0 Å². The Hall–Kier alpha value is -0.640. The summed E-state index contributed by atoms with van der Waals surface area (Å²) < 4.78 is 6.36. The highest BCUT2D eigenvalue weighted by Crippen LogP contribution is 2.29. The van der Waals surface area contributed by atoms with Gasteiger partial charge in [-0.15, -0.1) is 0 Å². The van der Waals surface area contributed by atoms with Gasteiger partial charge in [-0.1, -0.05) is 26.8 Å². The normalized spacial score (nSPS) is 21.3. The van der Waals surface area contributed by atoms with E-state index in [4.69, 9.17) is 4.74 Å². The zero-order valence-corrected chi connectivity index (χ0v) is 14.3. The van der Waals surface area contributed by atoms with Gasteiger partial charge in [-0.3, -0.25) is 9.79 Å². The van der Waals surface area contributed by atoms with Gasteiger partial charge in [0.2, 0.25) is 0 Å². The number of esters is 1. The van der Waals surface area contributed by atoms with E-state index in [9.17, 15) is 4.79 Å². The van der Waals surface area contributed by atoms with Crippen molar-refractivity contribution in [3.05, 3.63) is 10.6 Å². The van der Waals surface area contributed by atoms with Crippen molar-refractivity contribution in [3.8, 4) is 0 Å². The van der Waals surface area contributed by atoms with Crippen molar-refractivity contribution in [2.24, 2.45) is 16.3 Å². The summed E-state index contributed by atoms with van der Waals surface area (Å²) >= 11 is 3.55. The third kappa shape index (κ3) is 5.09. The van der Waals surface area contributed by atoms with Crippen molar-refractivity contribution in [1.82, 2.24) is 0 Å². The first-order valence-electron chi connectivity index (χ1n) is 6.66. The van der Waals surface area contributed by atoms with E-state index < -0.39 is 5.60 Å². The van der Waals surface area contributed by atoms with E-state index in [2.05, 4.69) is 41.7 Å². The number of carbonyl (C=O) groups excluding carboxylic acids is 1. The van der Waals surface area contributed by atoms with Crippen LogP contribution in [0.1, 0.15) is 48.0 Å². The Bertz CT molecular complexity index is 411. The molecule has 0 spiro atoms. The summed E-state index contributed by atoms with van der Waals surface area (Å²) in [4.78, 5) is 16.7. The van der Waals surface area contributed by atoms with Crippen LogP contribution in [0.25, 0.3) is 0 Å². The van der Waals surface area contributed by atoms with Crippen molar-refractivity contribution in [2.45, 2.75) is 53.6 Å². The molecule has 0 aromatic heterocycles. The Balaban J connectivity index is 2.88. The average Bonchev–Trinajstić information content (AvgIpc) is 2.36. The van der Waals surface area contributed by atoms with Gasteiger partial charge in [-0.05, 0) is 43.1 Å². The molecule has 3 nitrogen and oxygen atoms in total. The van der Waals surface area contributed by atoms with Crippen LogP contribution in [-0.2, 0) is 9.53 Å². The molecule has 0 saturated heterocycles. The second-order valence-corrected chi connectivity index (χ2v) is 7.78. The molecular formula is C15H24BrNO2. The molecule has 1 aliphatic heterocycles. The molecule has 0 saturated carbocycles. The first-order valence-corrected chi connectivity index (χ1v) is 7.45. The van der Waals surface area contributed by atoms with Crippen LogP contribution in [0.3, 0.4) is 0 Å². The second-order valence-electron chi connectivity index (χ2n) is 6.92. The highest BCUT2D eigenvalue weighted by Gasteiger charge is 2.28. The van der Waals surface area contributed by atoms with Crippen molar-refractivity contribution in [3.63, 3.8) is 0 Å². The van der Waals surface area contributed by atoms with Crippen LogP contribution in [0.4, 0.5) is 0 Å². The third-order valence-electron chi connectivity index (χ3n) is 2.70. The summed E-state index contributed by atoms with van der Waals surface area (Å²) in [5.74, 6) is -0.396. The van der Waals surface area contributed by atoms with Crippen LogP contribution < -0.4 is 0 Å². The number of aliphatic imine (C=N–C) groups is 1. The smallest absolute Gasteiger partial charge is 0.313 e. The summed E-state index contributed by atoms with van der Waals surface area (Å²) in [7, 11) is 0. The molecule has 0 aromatic carbocycles. The van der Waals surface area contributed by atoms with Gasteiger partial charge in [0.1, 0.15) is 5.60 Å². The van der Waals surface area contributed by atoms with Crippen molar-refractivity contribution in [2.75, 3.05) is 6.54 Å². The summed E-state index contributed by atoms with van der Waals surface area (Å²) in [5.41, 5.74) is 0.536. The van der Waals surface area contributed by atoms with E-state index in [1.807, 2.05) is 26.8 Å². The molecule has 0 aromatic rings. The lowest BCUT2D eigenvalue weighted by atomic mass is 9.89. The minimum atomic E-state index is -0.447. The van der Waals surface area contributed by atoms with Crippen molar-refractivity contribution >= 4 is 27.6 Å². The summed E-state index contributed by atoms with van der Waals surface area (Å²) in [6.45, 7) is 12.7. The van der Waals surface area contributed by atoms with E-state index in [1.54, 1.807) is 0 Å². The number of allylic oxidation sites excluding steroid dienone is 1. The fourth-order valence-corrected chi connectivity index (χ4v) is 2.93. The molecule has 1 aliphatic rings. The minimum Gasteiger partial charge on any atom is -0.460 e. The lowest BCUT2D eigenvalue weighted by molar-refractivity contribution is -0.158. The van der Waals surface area contributed by atoms with Gasteiger partial charge in [0.05, 0.1) is 11.6 Å². The maximum Gasteiger partial charge on any atom is 0.313 e. The number of halogens is 1. The fourth-order valence-electron chi connectivity index (χ4n) is 1.89. The molecule has 1 atom stereocenters. The molecule has 0 aliphatic carbocycles. The van der Waals surface area contributed by atoms with Gasteiger partial charge in [0.15, 0.2) is 0 Å². The van der Waals surface area contributed by atoms with Crippen LogP contribution in [0.2, 0.25) is 0 Å². The van der Waals surface area contributed by atoms with Gasteiger partial charge < -0.3 is 4.74 Å². The highest BCUT2D eigenvalue weighted by molar-refractivity contribution is 9.12. The zero-order valence-electron chi connectivity index (χ0n) is 12.7. The second kappa shape index (κ2) is 5.78. The third-order valence-corrected chi connectivity index (χ3v) is 3.34. The van der Waals surface area contributed by atoms with Crippen LogP contribution >= 0.6 is 15.9 Å². The van der Waals surface area contributed by atoms with Crippen LogP contribution in [0, 0.1) is 11.3 Å². The lowest BCUT2D eigenvalue weighted by Crippen LogP contribution is -2.28. The number of nitrogens with zero attached hydrogens (tertiary/aromatic N) is 1. The van der Waals surface area contributed by atoms with E-state index in [-0.39, 0.29) is 17.3 Å². The maximum absolute atomic E-state index is 12.1. The maximum atomic E-state index is 12.1. The Labute approximate surface area is 124 Å². The van der Waals surface area contributed by atoms with Crippen LogP contribution in [0.5, 0.6) is 0 Å². The molecule has 0 bridgehead atoms. The van der Waals surface area contributed by atoms with Crippen LogP contribution in [-0.4, -0.2) is 23.8 Å². The Morgan fingerprint density at radius 1 is 1.32 bits per heavy atom. The molecule has 1 unspecified atom stereocenters. The fraction of sp³-hybridized carbons (Fsp3) is 0.733. The summed E-state index contributed by atoms with van der Waals surface area (Å²) in [6.07, 6.45) is 2.63. The largest absolute Gasteiger partial charge is 0.460 e. The Morgan fingerprint density at radius 3 is 2.37 bits per heavy atom. The monoisotopic (exact) mass is 329 g/mol. The quantitative estimate of drug-likeness (QED) is 0.679. The average molecular weight is 330 g/mol. The summed E-state index contributed by atoms with van der Waals surface area (Å²) in [5, 5.41) is 0. The molecule has 0 radical (unpaired) electrons. The molecule has 4 heteroatoms. The lowest BCUT2D eigenvalue weighted by Gasteiger charge is -2.22. The Morgan fingerprint density at radius 2 is 1.89 bits per heavy atom. The number of ether oxygens (including phenoxy) is 1. The molecule has 0 amide bonds. The number of rotatable bonds is 1. The molecule has 0 fully saturated rings. The number of hydrogen-bond acceptors (Lipinski definition) is 3. The van der Waals surface area contributed by atoms with E-state index in [1.165, 1.54) is 0 Å².